The smallest absolute Gasteiger partial charge is 0.255 e. The maximum atomic E-state index is 13.5. The monoisotopic (exact) mass is 548 g/mol. The van der Waals surface area contributed by atoms with Gasteiger partial charge in [-0.1, -0.05) is 48.5 Å². The van der Waals surface area contributed by atoms with Crippen LogP contribution in [0.5, 0.6) is 17.2 Å². The highest BCUT2D eigenvalue weighted by atomic mass is 79.9. The molecule has 7 rings (SSSR count). The van der Waals surface area contributed by atoms with Crippen LogP contribution in [0.1, 0.15) is 40.7 Å². The van der Waals surface area contributed by atoms with Crippen molar-refractivity contribution >= 4 is 5.91 Å². The van der Waals surface area contributed by atoms with Crippen molar-refractivity contribution in [1.82, 2.24) is 5.32 Å². The number of para-hydroxylation sites is 3. The number of quaternary nitrogens is 1. The number of nitrogens with zero attached hydrogens (tertiary/aromatic N) is 1. The summed E-state index contributed by atoms with van der Waals surface area (Å²) in [5, 5.41) is 3.42. The highest BCUT2D eigenvalue weighted by Crippen LogP contribution is 2.39. The number of rotatable bonds is 7. The van der Waals surface area contributed by atoms with E-state index in [-0.39, 0.29) is 28.9 Å². The van der Waals surface area contributed by atoms with Gasteiger partial charge in [-0.25, -0.2) is 0 Å². The third-order valence-electron chi connectivity index (χ3n) is 8.11. The molecule has 6 heteroatoms. The molecule has 0 saturated carbocycles. The van der Waals surface area contributed by atoms with Crippen molar-refractivity contribution < 1.29 is 35.7 Å². The molecule has 3 aromatic carbocycles. The lowest BCUT2D eigenvalue weighted by molar-refractivity contribution is -0.944. The molecular formula is C30H33BrN2O3. The van der Waals surface area contributed by atoms with E-state index in [9.17, 15) is 4.79 Å². The molecular weight excluding hydrogens is 516 g/mol. The zero-order chi connectivity index (χ0) is 23.7. The van der Waals surface area contributed by atoms with Crippen molar-refractivity contribution in [3.8, 4) is 17.2 Å². The molecule has 4 aliphatic rings. The van der Waals surface area contributed by atoms with Crippen molar-refractivity contribution in [1.29, 1.82) is 0 Å². The Labute approximate surface area is 223 Å². The summed E-state index contributed by atoms with van der Waals surface area (Å²) in [6.07, 6.45) is 4.19. The van der Waals surface area contributed by atoms with E-state index < -0.39 is 0 Å². The van der Waals surface area contributed by atoms with Crippen LogP contribution in [0.2, 0.25) is 0 Å². The summed E-state index contributed by atoms with van der Waals surface area (Å²) < 4.78 is 13.3. The van der Waals surface area contributed by atoms with Crippen molar-refractivity contribution in [2.24, 2.45) is 5.92 Å². The highest BCUT2D eigenvalue weighted by molar-refractivity contribution is 5.98. The fraction of sp³-hybridized carbons (Fsp3) is 0.367. The van der Waals surface area contributed by atoms with Crippen LogP contribution >= 0.6 is 0 Å². The SMILES string of the molecule is O=C(N[C@@H]1C[N+]2(CCCOc3ccccc3)CCC1CC2)c1cccc2c1Oc1ccccc1C2.[Br-]. The third kappa shape index (κ3) is 5.02. The summed E-state index contributed by atoms with van der Waals surface area (Å²) in [6, 6.07) is 24.3. The van der Waals surface area contributed by atoms with Crippen molar-refractivity contribution in [2.45, 2.75) is 31.7 Å². The second-order valence-electron chi connectivity index (χ2n) is 10.3. The molecule has 0 radical (unpaired) electrons. The fourth-order valence-electron chi connectivity index (χ4n) is 6.21. The molecule has 2 bridgehead atoms. The summed E-state index contributed by atoms with van der Waals surface area (Å²) in [5.41, 5.74) is 2.89. The number of carbonyl (C=O) groups is 1. The second kappa shape index (κ2) is 10.7. The van der Waals surface area contributed by atoms with Gasteiger partial charge in [0.25, 0.3) is 5.91 Å². The molecule has 0 unspecified atom stereocenters. The number of piperidine rings is 3. The minimum Gasteiger partial charge on any atom is -1.00 e. The molecule has 188 valence electrons. The lowest BCUT2D eigenvalue weighted by Gasteiger charge is -2.52. The highest BCUT2D eigenvalue weighted by Gasteiger charge is 2.46. The van der Waals surface area contributed by atoms with E-state index in [0.29, 0.717) is 17.2 Å². The first-order chi connectivity index (χ1) is 17.2. The molecule has 0 spiro atoms. The Morgan fingerprint density at radius 1 is 0.944 bits per heavy atom. The lowest BCUT2D eigenvalue weighted by Crippen LogP contribution is -3.00. The van der Waals surface area contributed by atoms with Gasteiger partial charge in [0.05, 0.1) is 44.4 Å². The quantitative estimate of drug-likeness (QED) is 0.284. The van der Waals surface area contributed by atoms with Crippen LogP contribution in [-0.4, -0.2) is 49.2 Å². The Hall–Kier alpha value is -2.83. The van der Waals surface area contributed by atoms with Gasteiger partial charge in [-0.15, -0.1) is 0 Å². The molecule has 3 saturated heterocycles. The van der Waals surface area contributed by atoms with Crippen LogP contribution < -0.4 is 31.8 Å². The van der Waals surface area contributed by atoms with Gasteiger partial charge in [0.1, 0.15) is 17.2 Å². The van der Waals surface area contributed by atoms with E-state index in [2.05, 4.69) is 17.4 Å². The van der Waals surface area contributed by atoms with E-state index >= 15 is 0 Å². The van der Waals surface area contributed by atoms with Crippen molar-refractivity contribution in [3.05, 3.63) is 89.5 Å². The molecule has 4 heterocycles. The van der Waals surface area contributed by atoms with Crippen LogP contribution in [0.3, 0.4) is 0 Å². The normalized spacial score (nSPS) is 23.4. The summed E-state index contributed by atoms with van der Waals surface area (Å²) in [6.45, 7) is 5.28. The first kappa shape index (κ1) is 24.8. The van der Waals surface area contributed by atoms with E-state index in [1.54, 1.807) is 0 Å². The number of fused-ring (bicyclic) bond motifs is 5. The summed E-state index contributed by atoms with van der Waals surface area (Å²) in [4.78, 5) is 13.5. The third-order valence-corrected chi connectivity index (χ3v) is 8.11. The van der Waals surface area contributed by atoms with Gasteiger partial charge in [0.2, 0.25) is 0 Å². The molecule has 36 heavy (non-hydrogen) atoms. The first-order valence-corrected chi connectivity index (χ1v) is 12.9. The average Bonchev–Trinajstić information content (AvgIpc) is 2.91. The Morgan fingerprint density at radius 2 is 1.69 bits per heavy atom. The molecule has 5 nitrogen and oxygen atoms in total. The predicted octanol–water partition coefficient (Wildman–Crippen LogP) is 2.19. The molecule has 3 fully saturated rings. The minimum atomic E-state index is -0.00876. The second-order valence-corrected chi connectivity index (χ2v) is 10.3. The standard InChI is InChI=1S/C30H32N2O3.BrH/c33-30(26-12-6-9-24-20-23-8-4-5-13-28(23)35-29(24)26)31-27-21-32(17-14-22(27)15-18-32)16-7-19-34-25-10-2-1-3-11-25;/h1-6,8-13,22,27H,7,14-21H2;1H/t22?,27-,32?;/m1./s1. The minimum absolute atomic E-state index is 0. The summed E-state index contributed by atoms with van der Waals surface area (Å²) in [7, 11) is 0. The number of halogens is 1. The Bertz CT molecular complexity index is 1210. The number of benzene rings is 3. The lowest BCUT2D eigenvalue weighted by atomic mass is 9.81. The topological polar surface area (TPSA) is 47.6 Å². The van der Waals surface area contributed by atoms with Gasteiger partial charge in [-0.05, 0) is 35.7 Å². The van der Waals surface area contributed by atoms with Gasteiger partial charge < -0.3 is 36.3 Å². The van der Waals surface area contributed by atoms with E-state index in [1.807, 2.05) is 60.7 Å². The molecule has 1 N–H and O–H groups in total. The zero-order valence-corrected chi connectivity index (χ0v) is 22.1. The van der Waals surface area contributed by atoms with Crippen molar-refractivity contribution in [3.63, 3.8) is 0 Å². The Kier molecular flexibility index (Phi) is 7.35. The van der Waals surface area contributed by atoms with Crippen LogP contribution in [0.15, 0.2) is 72.8 Å². The average molecular weight is 550 g/mol. The van der Waals surface area contributed by atoms with Gasteiger partial charge in [0.15, 0.2) is 0 Å². The molecule has 1 amide bonds. The number of ether oxygens (including phenoxy) is 2. The number of nitrogens with one attached hydrogen (secondary N) is 1. The maximum absolute atomic E-state index is 13.5. The molecule has 3 aromatic rings. The van der Waals surface area contributed by atoms with E-state index in [0.717, 1.165) is 59.6 Å². The van der Waals surface area contributed by atoms with Gasteiger partial charge in [-0.2, -0.15) is 0 Å². The molecule has 1 atom stereocenters. The zero-order valence-electron chi connectivity index (χ0n) is 20.5. The first-order valence-electron chi connectivity index (χ1n) is 12.9. The number of amides is 1. The Balaban J connectivity index is 0.00000267. The predicted molar refractivity (Wildman–Crippen MR) is 136 cm³/mol. The van der Waals surface area contributed by atoms with E-state index in [1.165, 1.54) is 25.9 Å². The molecule has 0 aliphatic carbocycles. The number of carbonyl (C=O) groups excluding carboxylic acids is 1. The van der Waals surface area contributed by atoms with Gasteiger partial charge in [0, 0.05) is 31.2 Å². The van der Waals surface area contributed by atoms with Crippen LogP contribution in [0.25, 0.3) is 0 Å². The van der Waals surface area contributed by atoms with Gasteiger partial charge >= 0.3 is 0 Å². The van der Waals surface area contributed by atoms with Gasteiger partial charge in [-0.3, -0.25) is 4.79 Å². The number of hydrogen-bond donors (Lipinski definition) is 1. The number of hydrogen-bond acceptors (Lipinski definition) is 3. The van der Waals surface area contributed by atoms with Crippen molar-refractivity contribution in [2.75, 3.05) is 32.8 Å². The molecule has 4 aliphatic heterocycles. The maximum Gasteiger partial charge on any atom is 0.255 e. The molecule has 0 aromatic heterocycles. The summed E-state index contributed by atoms with van der Waals surface area (Å²) >= 11 is 0. The summed E-state index contributed by atoms with van der Waals surface area (Å²) in [5.74, 6) is 3.06. The van der Waals surface area contributed by atoms with E-state index in [4.69, 9.17) is 9.47 Å². The van der Waals surface area contributed by atoms with Crippen LogP contribution in [0, 0.1) is 5.92 Å². The van der Waals surface area contributed by atoms with Crippen LogP contribution in [0.4, 0.5) is 0 Å². The largest absolute Gasteiger partial charge is 1.00 e. The van der Waals surface area contributed by atoms with Crippen LogP contribution in [-0.2, 0) is 6.42 Å². The Morgan fingerprint density at radius 3 is 2.53 bits per heavy atom. The fourth-order valence-corrected chi connectivity index (χ4v) is 6.21.